The van der Waals surface area contributed by atoms with E-state index in [4.69, 9.17) is 4.42 Å². The van der Waals surface area contributed by atoms with E-state index in [0.717, 1.165) is 16.3 Å². The van der Waals surface area contributed by atoms with E-state index in [-0.39, 0.29) is 13.1 Å². The molecule has 0 amide bonds. The molecule has 0 bridgehead atoms. The minimum Gasteiger partial charge on any atom is -0.468 e. The first kappa shape index (κ1) is 17.5. The quantitative estimate of drug-likeness (QED) is 0.484. The predicted molar refractivity (Wildman–Crippen MR) is 106 cm³/mol. The number of fused-ring (bicyclic) bond motifs is 1. The molecule has 0 radical (unpaired) electrons. The van der Waals surface area contributed by atoms with Crippen molar-refractivity contribution in [3.05, 3.63) is 103 Å². The summed E-state index contributed by atoms with van der Waals surface area (Å²) in [5, 5.41) is 1.62. The van der Waals surface area contributed by atoms with E-state index < -0.39 is 10.0 Å². The smallest absolute Gasteiger partial charge is 0.244 e. The van der Waals surface area contributed by atoms with Gasteiger partial charge >= 0.3 is 0 Å². The Bertz CT molecular complexity index is 1130. The van der Waals surface area contributed by atoms with Crippen LogP contribution in [-0.4, -0.2) is 12.7 Å². The second-order valence-corrected chi connectivity index (χ2v) is 8.22. The Balaban J connectivity index is 1.79. The molecule has 0 fully saturated rings. The number of nitrogens with zero attached hydrogens (tertiary/aromatic N) is 1. The van der Waals surface area contributed by atoms with E-state index in [9.17, 15) is 8.42 Å². The molecular weight excluding hydrogens is 358 g/mol. The lowest BCUT2D eigenvalue weighted by Crippen LogP contribution is -2.30. The molecule has 27 heavy (non-hydrogen) atoms. The Kier molecular flexibility index (Phi) is 4.79. The maximum absolute atomic E-state index is 13.6. The van der Waals surface area contributed by atoms with E-state index in [1.54, 1.807) is 30.5 Å². The maximum atomic E-state index is 13.6. The molecule has 0 atom stereocenters. The van der Waals surface area contributed by atoms with E-state index >= 15 is 0 Å². The second kappa shape index (κ2) is 7.39. The van der Waals surface area contributed by atoms with Crippen LogP contribution in [0.5, 0.6) is 0 Å². The minimum atomic E-state index is -3.73. The Morgan fingerprint density at radius 2 is 1.48 bits per heavy atom. The van der Waals surface area contributed by atoms with Gasteiger partial charge in [-0.1, -0.05) is 66.7 Å². The van der Waals surface area contributed by atoms with Gasteiger partial charge in [-0.2, -0.15) is 4.31 Å². The first-order valence-corrected chi connectivity index (χ1v) is 10.1. The molecule has 0 aliphatic carbocycles. The fraction of sp³-hybridized carbons (Fsp3) is 0.0909. The highest BCUT2D eigenvalue weighted by molar-refractivity contribution is 7.89. The van der Waals surface area contributed by atoms with Crippen LogP contribution in [0, 0.1) is 0 Å². The molecule has 0 aliphatic heterocycles. The van der Waals surface area contributed by atoms with Gasteiger partial charge in [-0.15, -0.1) is 0 Å². The van der Waals surface area contributed by atoms with Gasteiger partial charge in [-0.3, -0.25) is 0 Å². The van der Waals surface area contributed by atoms with Crippen LogP contribution in [0.1, 0.15) is 11.3 Å². The molecule has 4 nitrogen and oxygen atoms in total. The fourth-order valence-corrected chi connectivity index (χ4v) is 4.76. The first-order chi connectivity index (χ1) is 13.1. The molecule has 0 aliphatic rings. The third-order valence-electron chi connectivity index (χ3n) is 4.48. The Morgan fingerprint density at radius 3 is 2.26 bits per heavy atom. The van der Waals surface area contributed by atoms with Crippen LogP contribution >= 0.6 is 0 Å². The average Bonchev–Trinajstić information content (AvgIpc) is 3.21. The van der Waals surface area contributed by atoms with Gasteiger partial charge in [-0.25, -0.2) is 8.42 Å². The van der Waals surface area contributed by atoms with E-state index in [0.29, 0.717) is 10.7 Å². The highest BCUT2D eigenvalue weighted by Crippen LogP contribution is 2.28. The molecule has 5 heteroatoms. The van der Waals surface area contributed by atoms with Crippen molar-refractivity contribution in [2.45, 2.75) is 18.0 Å². The van der Waals surface area contributed by atoms with Crippen molar-refractivity contribution in [2.75, 3.05) is 0 Å². The average molecular weight is 377 g/mol. The van der Waals surface area contributed by atoms with Crippen LogP contribution < -0.4 is 0 Å². The summed E-state index contributed by atoms with van der Waals surface area (Å²) in [4.78, 5) is 0.308. The maximum Gasteiger partial charge on any atom is 0.244 e. The third-order valence-corrected chi connectivity index (χ3v) is 6.33. The van der Waals surface area contributed by atoms with Crippen molar-refractivity contribution in [1.29, 1.82) is 0 Å². The summed E-state index contributed by atoms with van der Waals surface area (Å²) in [5.41, 5.74) is 0.924. The summed E-state index contributed by atoms with van der Waals surface area (Å²) in [6, 6.07) is 26.0. The molecule has 0 spiro atoms. The van der Waals surface area contributed by atoms with Gasteiger partial charge in [0, 0.05) is 11.9 Å². The molecule has 0 saturated heterocycles. The van der Waals surface area contributed by atoms with Gasteiger partial charge in [0.25, 0.3) is 0 Å². The molecular formula is C22H19NO3S. The van der Waals surface area contributed by atoms with E-state index in [1.165, 1.54) is 4.31 Å². The van der Waals surface area contributed by atoms with Crippen LogP contribution in [0.4, 0.5) is 0 Å². The van der Waals surface area contributed by atoms with Crippen molar-refractivity contribution in [1.82, 2.24) is 4.31 Å². The van der Waals surface area contributed by atoms with Gasteiger partial charge in [0.1, 0.15) is 5.76 Å². The summed E-state index contributed by atoms with van der Waals surface area (Å²) < 4.78 is 34.0. The van der Waals surface area contributed by atoms with Crippen molar-refractivity contribution >= 4 is 20.8 Å². The monoisotopic (exact) mass is 377 g/mol. The number of benzene rings is 3. The lowest BCUT2D eigenvalue weighted by molar-refractivity contribution is 0.359. The van der Waals surface area contributed by atoms with Gasteiger partial charge in [0.05, 0.1) is 17.7 Å². The standard InChI is InChI=1S/C22H19NO3S/c24-27(25,22-14-6-11-19-10-4-5-13-21(19)22)23(17-20-12-7-15-26-20)16-18-8-2-1-3-9-18/h1-15H,16-17H2. The van der Waals surface area contributed by atoms with Crippen LogP contribution in [0.25, 0.3) is 10.8 Å². The van der Waals surface area contributed by atoms with Crippen LogP contribution in [0.15, 0.2) is 101 Å². The van der Waals surface area contributed by atoms with Crippen molar-refractivity contribution in [2.24, 2.45) is 0 Å². The Labute approximate surface area is 158 Å². The molecule has 3 aromatic carbocycles. The largest absolute Gasteiger partial charge is 0.468 e. The predicted octanol–water partition coefficient (Wildman–Crippen LogP) is 4.82. The third kappa shape index (κ3) is 3.65. The number of hydrogen-bond acceptors (Lipinski definition) is 3. The molecule has 4 aromatic rings. The zero-order valence-corrected chi connectivity index (χ0v) is 15.5. The number of rotatable bonds is 6. The SMILES string of the molecule is O=S(=O)(c1cccc2ccccc12)N(Cc1ccccc1)Cc1ccco1. The second-order valence-electron chi connectivity index (χ2n) is 6.32. The molecule has 4 rings (SSSR count). The highest BCUT2D eigenvalue weighted by Gasteiger charge is 2.27. The summed E-state index contributed by atoms with van der Waals surface area (Å²) in [5.74, 6) is 0.606. The lowest BCUT2D eigenvalue weighted by atomic mass is 10.1. The van der Waals surface area contributed by atoms with Crippen molar-refractivity contribution in [3.63, 3.8) is 0 Å². The summed E-state index contributed by atoms with van der Waals surface area (Å²) in [6.07, 6.45) is 1.56. The Hall–Kier alpha value is -2.89. The van der Waals surface area contributed by atoms with Crippen LogP contribution in [0.2, 0.25) is 0 Å². The van der Waals surface area contributed by atoms with Gasteiger partial charge in [0.15, 0.2) is 0 Å². The first-order valence-electron chi connectivity index (χ1n) is 8.69. The lowest BCUT2D eigenvalue weighted by Gasteiger charge is -2.22. The van der Waals surface area contributed by atoms with Crippen molar-refractivity contribution in [3.8, 4) is 0 Å². The molecule has 0 saturated carbocycles. The zero-order chi connectivity index (χ0) is 18.7. The Morgan fingerprint density at radius 1 is 0.741 bits per heavy atom. The van der Waals surface area contributed by atoms with Crippen LogP contribution in [-0.2, 0) is 23.1 Å². The summed E-state index contributed by atoms with van der Waals surface area (Å²) >= 11 is 0. The normalized spacial score (nSPS) is 11.9. The summed E-state index contributed by atoms with van der Waals surface area (Å²) in [7, 11) is -3.73. The molecule has 0 N–H and O–H groups in total. The highest BCUT2D eigenvalue weighted by atomic mass is 32.2. The fourth-order valence-electron chi connectivity index (χ4n) is 3.15. The van der Waals surface area contributed by atoms with Gasteiger partial charge < -0.3 is 4.42 Å². The van der Waals surface area contributed by atoms with Crippen molar-refractivity contribution < 1.29 is 12.8 Å². The number of furan rings is 1. The minimum absolute atomic E-state index is 0.174. The number of sulfonamides is 1. The molecule has 0 unspecified atom stereocenters. The molecule has 1 heterocycles. The van der Waals surface area contributed by atoms with E-state index in [2.05, 4.69) is 0 Å². The van der Waals surface area contributed by atoms with Gasteiger partial charge in [-0.05, 0) is 29.1 Å². The zero-order valence-electron chi connectivity index (χ0n) is 14.7. The topological polar surface area (TPSA) is 50.5 Å². The summed E-state index contributed by atoms with van der Waals surface area (Å²) in [6.45, 7) is 0.445. The van der Waals surface area contributed by atoms with Gasteiger partial charge in [0.2, 0.25) is 10.0 Å². The molecule has 1 aromatic heterocycles. The van der Waals surface area contributed by atoms with E-state index in [1.807, 2.05) is 60.7 Å². The van der Waals surface area contributed by atoms with Crippen LogP contribution in [0.3, 0.4) is 0 Å². The molecule has 136 valence electrons. The number of hydrogen-bond donors (Lipinski definition) is 0.